The standard InChI is InChI=1S/C13H9BrFN3O2S/c14-11-5-9(17)6-12(13(11)15)21(19,20)18-10-3-1-2-8(4-10)7-16/h1-6,18H,17H2. The number of nitrogen functional groups attached to an aromatic ring is 1. The van der Waals surface area contributed by atoms with Crippen molar-refractivity contribution in [3.8, 4) is 6.07 Å². The van der Waals surface area contributed by atoms with E-state index in [1.54, 1.807) is 0 Å². The molecule has 2 aromatic carbocycles. The molecule has 0 aromatic heterocycles. The minimum absolute atomic E-state index is 0.0475. The lowest BCUT2D eigenvalue weighted by molar-refractivity contribution is 0.567. The summed E-state index contributed by atoms with van der Waals surface area (Å²) in [4.78, 5) is -0.572. The summed E-state index contributed by atoms with van der Waals surface area (Å²) in [5.41, 5.74) is 6.08. The maximum atomic E-state index is 14.0. The molecule has 0 fully saturated rings. The summed E-state index contributed by atoms with van der Waals surface area (Å²) in [6.45, 7) is 0. The zero-order valence-electron chi connectivity index (χ0n) is 10.5. The number of sulfonamides is 1. The lowest BCUT2D eigenvalue weighted by Crippen LogP contribution is -2.15. The molecule has 0 spiro atoms. The first-order chi connectivity index (χ1) is 9.83. The molecule has 0 heterocycles. The first-order valence-corrected chi connectivity index (χ1v) is 7.88. The lowest BCUT2D eigenvalue weighted by Gasteiger charge is -2.10. The molecule has 0 saturated carbocycles. The van der Waals surface area contributed by atoms with Crippen molar-refractivity contribution in [2.45, 2.75) is 4.90 Å². The van der Waals surface area contributed by atoms with Gasteiger partial charge in [0, 0.05) is 5.69 Å². The Labute approximate surface area is 129 Å². The summed E-state index contributed by atoms with van der Waals surface area (Å²) in [5.74, 6) is -0.937. The van der Waals surface area contributed by atoms with Crippen LogP contribution in [0.3, 0.4) is 0 Å². The van der Waals surface area contributed by atoms with E-state index in [2.05, 4.69) is 20.7 Å². The third-order valence-electron chi connectivity index (χ3n) is 2.55. The Hall–Kier alpha value is -2.11. The molecule has 0 amide bonds. The highest BCUT2D eigenvalue weighted by Gasteiger charge is 2.22. The maximum Gasteiger partial charge on any atom is 0.264 e. The minimum atomic E-state index is -4.16. The van der Waals surface area contributed by atoms with Crippen LogP contribution in [0.25, 0.3) is 0 Å². The Morgan fingerprint density at radius 2 is 2.00 bits per heavy atom. The van der Waals surface area contributed by atoms with E-state index in [9.17, 15) is 12.8 Å². The Kier molecular flexibility index (Phi) is 4.16. The third-order valence-corrected chi connectivity index (χ3v) is 4.51. The second-order valence-corrected chi connectivity index (χ2v) is 6.62. The summed E-state index contributed by atoms with van der Waals surface area (Å²) in [5, 5.41) is 8.78. The molecular weight excluding hydrogens is 361 g/mol. The summed E-state index contributed by atoms with van der Waals surface area (Å²) < 4.78 is 40.5. The molecular formula is C13H9BrFN3O2S. The van der Waals surface area contributed by atoms with E-state index < -0.39 is 20.7 Å². The third kappa shape index (κ3) is 3.32. The normalized spacial score (nSPS) is 10.9. The Morgan fingerprint density at radius 1 is 1.29 bits per heavy atom. The lowest BCUT2D eigenvalue weighted by atomic mass is 10.2. The molecule has 0 bridgehead atoms. The molecule has 108 valence electrons. The second-order valence-electron chi connectivity index (χ2n) is 4.11. The van der Waals surface area contributed by atoms with E-state index in [1.807, 2.05) is 6.07 Å². The zero-order valence-corrected chi connectivity index (χ0v) is 12.9. The average molecular weight is 370 g/mol. The maximum absolute atomic E-state index is 14.0. The SMILES string of the molecule is N#Cc1cccc(NS(=O)(=O)c2cc(N)cc(Br)c2F)c1. The molecule has 5 nitrogen and oxygen atoms in total. The van der Waals surface area contributed by atoms with Crippen LogP contribution in [0, 0.1) is 17.1 Å². The highest BCUT2D eigenvalue weighted by molar-refractivity contribution is 9.10. The quantitative estimate of drug-likeness (QED) is 0.812. The molecule has 0 unspecified atom stereocenters. The number of hydrogen-bond acceptors (Lipinski definition) is 4. The average Bonchev–Trinajstić information content (AvgIpc) is 2.42. The smallest absolute Gasteiger partial charge is 0.264 e. The van der Waals surface area contributed by atoms with Gasteiger partial charge >= 0.3 is 0 Å². The van der Waals surface area contributed by atoms with Crippen molar-refractivity contribution >= 4 is 37.3 Å². The predicted octanol–water partition coefficient (Wildman–Crippen LogP) is 2.84. The van der Waals surface area contributed by atoms with Gasteiger partial charge in [-0.1, -0.05) is 6.07 Å². The number of anilines is 2. The summed E-state index contributed by atoms with van der Waals surface area (Å²) in [7, 11) is -4.16. The van der Waals surface area contributed by atoms with Gasteiger partial charge in [-0.25, -0.2) is 12.8 Å². The van der Waals surface area contributed by atoms with Gasteiger partial charge in [0.05, 0.1) is 21.8 Å². The molecule has 0 aliphatic heterocycles. The molecule has 8 heteroatoms. The van der Waals surface area contributed by atoms with Crippen LogP contribution in [0.2, 0.25) is 0 Å². The minimum Gasteiger partial charge on any atom is -0.399 e. The van der Waals surface area contributed by atoms with Crippen LogP contribution >= 0.6 is 15.9 Å². The van der Waals surface area contributed by atoms with Gasteiger partial charge in [-0.3, -0.25) is 4.72 Å². The number of hydrogen-bond donors (Lipinski definition) is 2. The van der Waals surface area contributed by atoms with Gasteiger partial charge in [0.1, 0.15) is 4.90 Å². The Balaban J connectivity index is 2.46. The molecule has 3 N–H and O–H groups in total. The Morgan fingerprint density at radius 3 is 2.67 bits per heavy atom. The highest BCUT2D eigenvalue weighted by atomic mass is 79.9. The van der Waals surface area contributed by atoms with E-state index >= 15 is 0 Å². The van der Waals surface area contributed by atoms with Gasteiger partial charge in [0.25, 0.3) is 10.0 Å². The van der Waals surface area contributed by atoms with Crippen LogP contribution in [-0.2, 0) is 10.0 Å². The van der Waals surface area contributed by atoms with Crippen molar-refractivity contribution in [2.24, 2.45) is 0 Å². The monoisotopic (exact) mass is 369 g/mol. The van der Waals surface area contributed by atoms with Gasteiger partial charge in [-0.05, 0) is 46.3 Å². The van der Waals surface area contributed by atoms with E-state index in [1.165, 1.54) is 30.3 Å². The summed E-state index contributed by atoms with van der Waals surface area (Å²) in [6.07, 6.45) is 0. The number of nitrogens with one attached hydrogen (secondary N) is 1. The molecule has 2 rings (SSSR count). The van der Waals surface area contributed by atoms with Gasteiger partial charge in [0.2, 0.25) is 0 Å². The van der Waals surface area contributed by atoms with E-state index in [4.69, 9.17) is 11.0 Å². The first kappa shape index (κ1) is 15.3. The van der Waals surface area contributed by atoms with Crippen LogP contribution in [0.5, 0.6) is 0 Å². The number of nitriles is 1. The number of nitrogens with zero attached hydrogens (tertiary/aromatic N) is 1. The fraction of sp³-hybridized carbons (Fsp3) is 0. The van der Waals surface area contributed by atoms with Crippen molar-refractivity contribution in [3.63, 3.8) is 0 Å². The summed E-state index contributed by atoms with van der Waals surface area (Å²) >= 11 is 2.91. The highest BCUT2D eigenvalue weighted by Crippen LogP contribution is 2.27. The molecule has 0 atom stereocenters. The van der Waals surface area contributed by atoms with Gasteiger partial charge in [-0.2, -0.15) is 5.26 Å². The van der Waals surface area contributed by atoms with Gasteiger partial charge in [-0.15, -0.1) is 0 Å². The zero-order chi connectivity index (χ0) is 15.6. The number of benzene rings is 2. The summed E-state index contributed by atoms with van der Waals surface area (Å²) in [6, 6.07) is 10.0. The number of halogens is 2. The van der Waals surface area contributed by atoms with Crippen LogP contribution in [0.4, 0.5) is 15.8 Å². The largest absolute Gasteiger partial charge is 0.399 e. The molecule has 0 aliphatic carbocycles. The molecule has 0 aliphatic rings. The van der Waals surface area contributed by atoms with E-state index in [0.717, 1.165) is 6.07 Å². The van der Waals surface area contributed by atoms with Crippen molar-refractivity contribution in [1.82, 2.24) is 0 Å². The fourth-order valence-electron chi connectivity index (χ4n) is 1.64. The molecule has 0 radical (unpaired) electrons. The predicted molar refractivity (Wildman–Crippen MR) is 80.5 cm³/mol. The van der Waals surface area contributed by atoms with Crippen molar-refractivity contribution in [2.75, 3.05) is 10.5 Å². The van der Waals surface area contributed by atoms with Gasteiger partial charge in [0.15, 0.2) is 5.82 Å². The first-order valence-electron chi connectivity index (χ1n) is 5.61. The van der Waals surface area contributed by atoms with Crippen molar-refractivity contribution < 1.29 is 12.8 Å². The topological polar surface area (TPSA) is 96.0 Å². The van der Waals surface area contributed by atoms with Crippen molar-refractivity contribution in [3.05, 3.63) is 52.3 Å². The molecule has 0 saturated heterocycles. The van der Waals surface area contributed by atoms with E-state index in [-0.39, 0.29) is 21.4 Å². The van der Waals surface area contributed by atoms with Crippen LogP contribution in [0.1, 0.15) is 5.56 Å². The number of rotatable bonds is 3. The van der Waals surface area contributed by atoms with Gasteiger partial charge < -0.3 is 5.73 Å². The van der Waals surface area contributed by atoms with Crippen LogP contribution in [0.15, 0.2) is 45.8 Å². The molecule has 2 aromatic rings. The van der Waals surface area contributed by atoms with Crippen LogP contribution in [-0.4, -0.2) is 8.42 Å². The molecule has 21 heavy (non-hydrogen) atoms. The fourth-order valence-corrected chi connectivity index (χ4v) is 3.44. The number of nitrogens with two attached hydrogens (primary N) is 1. The Bertz CT molecular complexity index is 847. The second kappa shape index (κ2) is 5.71. The van der Waals surface area contributed by atoms with Crippen LogP contribution < -0.4 is 10.5 Å². The van der Waals surface area contributed by atoms with Crippen molar-refractivity contribution in [1.29, 1.82) is 5.26 Å². The van der Waals surface area contributed by atoms with E-state index in [0.29, 0.717) is 0 Å².